The minimum Gasteiger partial charge on any atom is -0.544 e. The summed E-state index contributed by atoms with van der Waals surface area (Å²) in [4.78, 5) is 60.1. The van der Waals surface area contributed by atoms with Crippen molar-refractivity contribution in [2.45, 2.75) is 38.1 Å². The standard InChI is InChI=1S/C18H19N3O8.Na/c1-11(22)20-9-13(19-17(27)28-10-12-5-3-2-4-6-12)15(24)21(20)18(16(25)26)8-7-14(23)29-18;/h2-6,13H,7-10H2,1H3,(H,19,27)(H,25,26);/q;+1/p-1. The van der Waals surface area contributed by atoms with Gasteiger partial charge in [0, 0.05) is 13.3 Å². The molecule has 0 bridgehead atoms. The van der Waals surface area contributed by atoms with Crippen LogP contribution < -0.4 is 40.0 Å². The molecule has 0 aromatic heterocycles. The van der Waals surface area contributed by atoms with Crippen LogP contribution in [0.25, 0.3) is 0 Å². The first-order valence-electron chi connectivity index (χ1n) is 8.77. The van der Waals surface area contributed by atoms with Gasteiger partial charge in [0.2, 0.25) is 11.6 Å². The van der Waals surface area contributed by atoms with E-state index in [-0.39, 0.29) is 55.6 Å². The Bertz CT molecular complexity index is 864. The number of hydrogen-bond donors (Lipinski definition) is 1. The molecule has 2 heterocycles. The summed E-state index contributed by atoms with van der Waals surface area (Å²) in [6.07, 6.45) is -1.57. The number of hydrazine groups is 1. The van der Waals surface area contributed by atoms with Crippen molar-refractivity contribution >= 4 is 29.8 Å². The van der Waals surface area contributed by atoms with Gasteiger partial charge in [-0.3, -0.25) is 14.4 Å². The van der Waals surface area contributed by atoms with Gasteiger partial charge in [-0.2, -0.15) is 0 Å². The van der Waals surface area contributed by atoms with Gasteiger partial charge in [-0.05, 0) is 5.56 Å². The number of nitrogens with one attached hydrogen (secondary N) is 1. The maximum Gasteiger partial charge on any atom is 1.00 e. The number of ether oxygens (including phenoxy) is 2. The van der Waals surface area contributed by atoms with Crippen LogP contribution in [-0.2, 0) is 35.3 Å². The van der Waals surface area contributed by atoms with Crippen molar-refractivity contribution in [2.24, 2.45) is 0 Å². The molecule has 1 aromatic rings. The van der Waals surface area contributed by atoms with Crippen molar-refractivity contribution in [3.63, 3.8) is 0 Å². The molecular formula is C18H18N3NaO8. The molecule has 1 N–H and O–H groups in total. The van der Waals surface area contributed by atoms with Crippen LogP contribution >= 0.6 is 0 Å². The number of amides is 3. The first kappa shape index (κ1) is 23.6. The minimum absolute atomic E-state index is 0. The van der Waals surface area contributed by atoms with E-state index in [2.05, 4.69) is 5.32 Å². The Morgan fingerprint density at radius 3 is 2.47 bits per heavy atom. The molecular weight excluding hydrogens is 409 g/mol. The van der Waals surface area contributed by atoms with Gasteiger partial charge in [-0.1, -0.05) is 30.3 Å². The second-order valence-corrected chi connectivity index (χ2v) is 6.56. The van der Waals surface area contributed by atoms with E-state index >= 15 is 0 Å². The maximum absolute atomic E-state index is 12.8. The third-order valence-corrected chi connectivity index (χ3v) is 4.58. The number of esters is 1. The number of carbonyl (C=O) groups is 5. The molecule has 1 aromatic carbocycles. The zero-order valence-corrected chi connectivity index (χ0v) is 18.5. The number of rotatable bonds is 5. The van der Waals surface area contributed by atoms with Crippen molar-refractivity contribution < 1.29 is 68.1 Å². The van der Waals surface area contributed by atoms with Gasteiger partial charge in [-0.15, -0.1) is 0 Å². The van der Waals surface area contributed by atoms with Crippen LogP contribution in [0.5, 0.6) is 0 Å². The van der Waals surface area contributed by atoms with E-state index in [1.165, 1.54) is 0 Å². The maximum atomic E-state index is 12.8. The Labute approximate surface area is 193 Å². The number of alkyl carbamates (subject to hydrolysis) is 1. The van der Waals surface area contributed by atoms with E-state index in [1.807, 2.05) is 0 Å². The average molecular weight is 427 g/mol. The van der Waals surface area contributed by atoms with Crippen LogP contribution in [-0.4, -0.2) is 58.2 Å². The van der Waals surface area contributed by atoms with E-state index in [1.54, 1.807) is 30.3 Å². The number of carboxylic acid groups (broad SMARTS) is 1. The van der Waals surface area contributed by atoms with E-state index < -0.39 is 41.6 Å². The molecule has 0 saturated carbocycles. The monoisotopic (exact) mass is 427 g/mol. The molecule has 2 aliphatic rings. The van der Waals surface area contributed by atoms with Crippen LogP contribution in [0.4, 0.5) is 4.79 Å². The predicted octanol–water partition coefficient (Wildman–Crippen LogP) is -4.33. The summed E-state index contributed by atoms with van der Waals surface area (Å²) in [5.74, 6) is -4.29. The van der Waals surface area contributed by atoms with Gasteiger partial charge >= 0.3 is 41.6 Å². The average Bonchev–Trinajstić information content (AvgIpc) is 3.22. The van der Waals surface area contributed by atoms with Crippen LogP contribution in [0.2, 0.25) is 0 Å². The second-order valence-electron chi connectivity index (χ2n) is 6.56. The number of hydrogen-bond acceptors (Lipinski definition) is 8. The van der Waals surface area contributed by atoms with Crippen molar-refractivity contribution in [2.75, 3.05) is 6.54 Å². The molecule has 2 fully saturated rings. The molecule has 3 amide bonds. The summed E-state index contributed by atoms with van der Waals surface area (Å²) >= 11 is 0. The van der Waals surface area contributed by atoms with Crippen molar-refractivity contribution in [3.8, 4) is 0 Å². The summed E-state index contributed by atoms with van der Waals surface area (Å²) in [5, 5.41) is 15.4. The number of aliphatic carboxylic acids is 1. The SMILES string of the molecule is CC(=O)N1CC(NC(=O)OCc2ccccc2)C(=O)N1C1(C(=O)[O-])CCC(=O)O1.[Na+]. The molecule has 0 spiro atoms. The van der Waals surface area contributed by atoms with E-state index in [0.717, 1.165) is 17.5 Å². The summed E-state index contributed by atoms with van der Waals surface area (Å²) in [6.45, 7) is 0.714. The predicted molar refractivity (Wildman–Crippen MR) is 90.8 cm³/mol. The minimum atomic E-state index is -2.44. The second kappa shape index (κ2) is 9.45. The molecule has 30 heavy (non-hydrogen) atoms. The molecule has 3 rings (SSSR count). The first-order valence-corrected chi connectivity index (χ1v) is 8.77. The van der Waals surface area contributed by atoms with Crippen LogP contribution in [0.15, 0.2) is 30.3 Å². The molecule has 2 unspecified atom stereocenters. The largest absolute Gasteiger partial charge is 1.00 e. The number of carbonyl (C=O) groups excluding carboxylic acids is 5. The Morgan fingerprint density at radius 1 is 1.27 bits per heavy atom. The Balaban J connectivity index is 0.00000320. The van der Waals surface area contributed by atoms with Crippen LogP contribution in [0.1, 0.15) is 25.3 Å². The number of cyclic esters (lactones) is 1. The topological polar surface area (TPSA) is 145 Å². The molecule has 2 saturated heterocycles. The van der Waals surface area contributed by atoms with Crippen LogP contribution in [0.3, 0.4) is 0 Å². The number of nitrogens with zero attached hydrogens (tertiary/aromatic N) is 2. The fourth-order valence-electron chi connectivity index (χ4n) is 3.20. The molecule has 12 heteroatoms. The van der Waals surface area contributed by atoms with Gasteiger partial charge in [0.1, 0.15) is 18.6 Å². The fourth-order valence-corrected chi connectivity index (χ4v) is 3.20. The van der Waals surface area contributed by atoms with Crippen molar-refractivity contribution in [1.82, 2.24) is 15.3 Å². The summed E-state index contributed by atoms with van der Waals surface area (Å²) in [7, 11) is 0. The summed E-state index contributed by atoms with van der Waals surface area (Å²) in [6, 6.07) is 7.53. The first-order chi connectivity index (χ1) is 13.7. The Kier molecular flexibility index (Phi) is 7.45. The normalized spacial score (nSPS) is 22.9. The van der Waals surface area contributed by atoms with Gasteiger partial charge < -0.3 is 24.7 Å². The summed E-state index contributed by atoms with van der Waals surface area (Å²) < 4.78 is 9.92. The van der Waals surface area contributed by atoms with Gasteiger partial charge in [0.05, 0.1) is 13.0 Å². The molecule has 0 radical (unpaired) electrons. The fraction of sp³-hybridized carbons (Fsp3) is 0.389. The quantitative estimate of drug-likeness (QED) is 0.367. The Hall–Kier alpha value is -2.63. The van der Waals surface area contributed by atoms with Gasteiger partial charge in [-0.25, -0.2) is 14.8 Å². The molecule has 2 atom stereocenters. The van der Waals surface area contributed by atoms with Crippen molar-refractivity contribution in [1.29, 1.82) is 0 Å². The summed E-state index contributed by atoms with van der Waals surface area (Å²) in [5.41, 5.74) is -1.72. The molecule has 11 nitrogen and oxygen atoms in total. The molecule has 0 aliphatic carbocycles. The van der Waals surface area contributed by atoms with E-state index in [9.17, 15) is 29.1 Å². The van der Waals surface area contributed by atoms with E-state index in [0.29, 0.717) is 5.01 Å². The van der Waals surface area contributed by atoms with Crippen LogP contribution in [0, 0.1) is 0 Å². The molecule has 2 aliphatic heterocycles. The number of benzene rings is 1. The zero-order valence-electron chi connectivity index (χ0n) is 16.5. The number of carboxylic acids is 1. The van der Waals surface area contributed by atoms with Gasteiger partial charge in [0.15, 0.2) is 0 Å². The smallest absolute Gasteiger partial charge is 0.544 e. The van der Waals surface area contributed by atoms with Gasteiger partial charge in [0.25, 0.3) is 5.91 Å². The third-order valence-electron chi connectivity index (χ3n) is 4.58. The third kappa shape index (κ3) is 4.58. The Morgan fingerprint density at radius 2 is 1.93 bits per heavy atom. The zero-order chi connectivity index (χ0) is 21.2. The molecule has 154 valence electrons. The van der Waals surface area contributed by atoms with Crippen molar-refractivity contribution in [3.05, 3.63) is 35.9 Å². The van der Waals surface area contributed by atoms with E-state index in [4.69, 9.17) is 9.47 Å².